The van der Waals surface area contributed by atoms with Gasteiger partial charge in [-0.1, -0.05) is 13.8 Å². The van der Waals surface area contributed by atoms with Crippen LogP contribution in [0.4, 0.5) is 0 Å². The second-order valence-electron chi connectivity index (χ2n) is 3.78. The van der Waals surface area contributed by atoms with Crippen LogP contribution in [0.15, 0.2) is 0 Å². The third-order valence-electron chi connectivity index (χ3n) is 1.82. The van der Waals surface area contributed by atoms with Crippen molar-refractivity contribution in [2.75, 3.05) is 11.5 Å². The van der Waals surface area contributed by atoms with Gasteiger partial charge in [0, 0.05) is 6.42 Å². The molecule has 0 spiro atoms. The number of amidine groups is 1. The van der Waals surface area contributed by atoms with E-state index in [0.717, 1.165) is 18.8 Å². The molecule has 0 fully saturated rings. The van der Waals surface area contributed by atoms with E-state index in [1.54, 1.807) is 0 Å². The zero-order chi connectivity index (χ0) is 10.1. The van der Waals surface area contributed by atoms with E-state index < -0.39 is 0 Å². The molecule has 0 rings (SSSR count). The van der Waals surface area contributed by atoms with Gasteiger partial charge >= 0.3 is 0 Å². The minimum atomic E-state index is 0.326. The molecule has 0 saturated carbocycles. The lowest BCUT2D eigenvalue weighted by Gasteiger charge is -2.03. The molecule has 0 aromatic carbocycles. The normalized spacial score (nSPS) is 10.7. The minimum absolute atomic E-state index is 0.326. The van der Waals surface area contributed by atoms with Crippen LogP contribution in [-0.4, -0.2) is 17.3 Å². The minimum Gasteiger partial charge on any atom is -0.388 e. The van der Waals surface area contributed by atoms with Crippen LogP contribution in [0.5, 0.6) is 0 Å². The zero-order valence-electron chi connectivity index (χ0n) is 8.81. The van der Waals surface area contributed by atoms with Crippen LogP contribution in [0.3, 0.4) is 0 Å². The van der Waals surface area contributed by atoms with Gasteiger partial charge in [0.1, 0.15) is 0 Å². The number of hydrogen-bond donors (Lipinski definition) is 2. The summed E-state index contributed by atoms with van der Waals surface area (Å²) in [6.07, 6.45) is 4.36. The molecule has 0 aliphatic rings. The fraction of sp³-hybridized carbons (Fsp3) is 0.900. The van der Waals surface area contributed by atoms with Crippen molar-refractivity contribution < 1.29 is 0 Å². The molecule has 0 atom stereocenters. The number of hydrogen-bond acceptors (Lipinski definition) is 2. The Kier molecular flexibility index (Phi) is 8.30. The highest BCUT2D eigenvalue weighted by atomic mass is 32.2. The highest BCUT2D eigenvalue weighted by molar-refractivity contribution is 7.99. The van der Waals surface area contributed by atoms with Crippen LogP contribution >= 0.6 is 11.8 Å². The number of thioether (sulfide) groups is 1. The maximum atomic E-state index is 7.04. The highest BCUT2D eigenvalue weighted by Gasteiger charge is 1.95. The summed E-state index contributed by atoms with van der Waals surface area (Å²) in [6, 6.07) is 0. The van der Waals surface area contributed by atoms with E-state index in [1.165, 1.54) is 24.3 Å². The Balaban J connectivity index is 2.96. The second kappa shape index (κ2) is 8.42. The molecule has 2 nitrogen and oxygen atoms in total. The average Bonchev–Trinajstić information content (AvgIpc) is 2.01. The third kappa shape index (κ3) is 11.8. The zero-order valence-corrected chi connectivity index (χ0v) is 9.62. The smallest absolute Gasteiger partial charge is 0.0905 e. The summed E-state index contributed by atoms with van der Waals surface area (Å²) in [5, 5.41) is 7.04. The largest absolute Gasteiger partial charge is 0.388 e. The summed E-state index contributed by atoms with van der Waals surface area (Å²) in [4.78, 5) is 0. The molecule has 0 bridgehead atoms. The van der Waals surface area contributed by atoms with Gasteiger partial charge in [-0.25, -0.2) is 0 Å². The van der Waals surface area contributed by atoms with Crippen LogP contribution in [0.2, 0.25) is 0 Å². The van der Waals surface area contributed by atoms with Crippen molar-refractivity contribution in [2.45, 2.75) is 39.5 Å². The van der Waals surface area contributed by atoms with Gasteiger partial charge in [-0.3, -0.25) is 5.41 Å². The number of nitrogens with one attached hydrogen (secondary N) is 1. The van der Waals surface area contributed by atoms with Crippen LogP contribution < -0.4 is 5.73 Å². The summed E-state index contributed by atoms with van der Waals surface area (Å²) >= 11 is 2.02. The summed E-state index contributed by atoms with van der Waals surface area (Å²) in [5.74, 6) is 3.65. The van der Waals surface area contributed by atoms with E-state index in [1.807, 2.05) is 11.8 Å². The Labute approximate surface area is 86.2 Å². The van der Waals surface area contributed by atoms with Gasteiger partial charge in [-0.15, -0.1) is 0 Å². The Bertz CT molecular complexity index is 135. The van der Waals surface area contributed by atoms with Crippen molar-refractivity contribution in [1.82, 2.24) is 0 Å². The van der Waals surface area contributed by atoms with Gasteiger partial charge in [-0.2, -0.15) is 11.8 Å². The summed E-state index contributed by atoms with van der Waals surface area (Å²) in [6.45, 7) is 4.52. The highest BCUT2D eigenvalue weighted by Crippen LogP contribution is 2.11. The lowest BCUT2D eigenvalue weighted by atomic mass is 10.2. The van der Waals surface area contributed by atoms with Crippen molar-refractivity contribution in [3.8, 4) is 0 Å². The molecule has 0 aromatic rings. The van der Waals surface area contributed by atoms with Crippen molar-refractivity contribution in [1.29, 1.82) is 5.41 Å². The van der Waals surface area contributed by atoms with Gasteiger partial charge in [0.05, 0.1) is 5.84 Å². The lowest BCUT2D eigenvalue weighted by Crippen LogP contribution is -2.08. The van der Waals surface area contributed by atoms with Crippen LogP contribution in [0.25, 0.3) is 0 Å². The molecule has 3 N–H and O–H groups in total. The van der Waals surface area contributed by atoms with Crippen molar-refractivity contribution >= 4 is 17.6 Å². The van der Waals surface area contributed by atoms with Crippen molar-refractivity contribution in [2.24, 2.45) is 11.7 Å². The topological polar surface area (TPSA) is 49.9 Å². The molecule has 0 amide bonds. The maximum absolute atomic E-state index is 7.04. The summed E-state index contributed by atoms with van der Waals surface area (Å²) in [5.41, 5.74) is 5.25. The maximum Gasteiger partial charge on any atom is 0.0905 e. The summed E-state index contributed by atoms with van der Waals surface area (Å²) in [7, 11) is 0. The number of nitrogens with two attached hydrogens (primary N) is 1. The van der Waals surface area contributed by atoms with E-state index in [4.69, 9.17) is 11.1 Å². The molecule has 0 heterocycles. The molecule has 78 valence electrons. The van der Waals surface area contributed by atoms with E-state index in [9.17, 15) is 0 Å². The first kappa shape index (κ1) is 12.8. The lowest BCUT2D eigenvalue weighted by molar-refractivity contribution is 0.632. The molecule has 3 heteroatoms. The Morgan fingerprint density at radius 3 is 2.54 bits per heavy atom. The molecule has 0 aliphatic heterocycles. The first-order valence-electron chi connectivity index (χ1n) is 5.03. The van der Waals surface area contributed by atoms with Gasteiger partial charge in [-0.05, 0) is 36.7 Å². The van der Waals surface area contributed by atoms with Crippen LogP contribution in [0, 0.1) is 11.3 Å². The quantitative estimate of drug-likeness (QED) is 0.361. The fourth-order valence-corrected chi connectivity index (χ4v) is 2.19. The molecular weight excluding hydrogens is 180 g/mol. The molecule has 0 saturated heterocycles. The molecule has 0 unspecified atom stereocenters. The predicted molar refractivity (Wildman–Crippen MR) is 62.5 cm³/mol. The van der Waals surface area contributed by atoms with Crippen LogP contribution in [-0.2, 0) is 0 Å². The molecule has 0 aromatic heterocycles. The van der Waals surface area contributed by atoms with E-state index in [-0.39, 0.29) is 0 Å². The second-order valence-corrected chi connectivity index (χ2v) is 5.00. The SMILES string of the molecule is CC(C)CCSCCCCC(=N)N. The van der Waals surface area contributed by atoms with E-state index >= 15 is 0 Å². The number of rotatable bonds is 8. The molecule has 0 radical (unpaired) electrons. The van der Waals surface area contributed by atoms with Gasteiger partial charge < -0.3 is 5.73 Å². The first-order chi connectivity index (χ1) is 6.13. The average molecular weight is 202 g/mol. The van der Waals surface area contributed by atoms with E-state index in [0.29, 0.717) is 5.84 Å². The van der Waals surface area contributed by atoms with Crippen molar-refractivity contribution in [3.05, 3.63) is 0 Å². The number of unbranched alkanes of at least 4 members (excludes halogenated alkanes) is 1. The third-order valence-corrected chi connectivity index (χ3v) is 2.93. The predicted octanol–water partition coefficient (Wildman–Crippen LogP) is 2.87. The fourth-order valence-electron chi connectivity index (χ4n) is 0.941. The Morgan fingerprint density at radius 1 is 1.31 bits per heavy atom. The first-order valence-corrected chi connectivity index (χ1v) is 6.19. The van der Waals surface area contributed by atoms with Crippen LogP contribution in [0.1, 0.15) is 39.5 Å². The Morgan fingerprint density at radius 2 is 2.00 bits per heavy atom. The summed E-state index contributed by atoms with van der Waals surface area (Å²) < 4.78 is 0. The van der Waals surface area contributed by atoms with Gasteiger partial charge in [0.15, 0.2) is 0 Å². The Hall–Kier alpha value is -0.180. The van der Waals surface area contributed by atoms with E-state index in [2.05, 4.69) is 13.8 Å². The van der Waals surface area contributed by atoms with Gasteiger partial charge in [0.25, 0.3) is 0 Å². The van der Waals surface area contributed by atoms with Crippen molar-refractivity contribution in [3.63, 3.8) is 0 Å². The molecular formula is C10H22N2S. The van der Waals surface area contributed by atoms with Gasteiger partial charge in [0.2, 0.25) is 0 Å². The molecule has 13 heavy (non-hydrogen) atoms. The molecule has 0 aliphatic carbocycles. The standard InChI is InChI=1S/C10H22N2S/c1-9(2)6-8-13-7-4-3-5-10(11)12/h9H,3-8H2,1-2H3,(H3,11,12). The monoisotopic (exact) mass is 202 g/mol.